The normalized spacial score (nSPS) is 33.7. The van der Waals surface area contributed by atoms with Crippen molar-refractivity contribution in [2.75, 3.05) is 6.61 Å². The molecule has 4 fully saturated rings. The van der Waals surface area contributed by atoms with Crippen molar-refractivity contribution < 1.29 is 9.84 Å². The van der Waals surface area contributed by atoms with E-state index in [0.717, 1.165) is 43.0 Å². The lowest BCUT2D eigenvalue weighted by atomic mass is 9.73. The lowest BCUT2D eigenvalue weighted by Gasteiger charge is -2.33. The molecule has 0 bridgehead atoms. The molecule has 0 aromatic carbocycles. The van der Waals surface area contributed by atoms with E-state index in [4.69, 9.17) is 4.74 Å². The van der Waals surface area contributed by atoms with Crippen molar-refractivity contribution in [3.8, 4) is 0 Å². The molecule has 1 N–H and O–H groups in total. The smallest absolute Gasteiger partial charge is 0.0920 e. The lowest BCUT2D eigenvalue weighted by Crippen LogP contribution is -2.23. The molecule has 4 saturated carbocycles. The third kappa shape index (κ3) is 7.74. The molecule has 0 spiro atoms. The van der Waals surface area contributed by atoms with Crippen LogP contribution in [0.1, 0.15) is 99.3 Å². The fourth-order valence-electron chi connectivity index (χ4n) is 6.04. The number of aliphatic hydroxyl groups is 1. The highest BCUT2D eigenvalue weighted by atomic mass is 16.5. The highest BCUT2D eigenvalue weighted by Gasteiger charge is 2.40. The van der Waals surface area contributed by atoms with Gasteiger partial charge in [0.1, 0.15) is 0 Å². The summed E-state index contributed by atoms with van der Waals surface area (Å²) >= 11 is 0. The third-order valence-electron chi connectivity index (χ3n) is 8.32. The Hall–Kier alpha value is -1.54. The van der Waals surface area contributed by atoms with Crippen molar-refractivity contribution in [1.29, 1.82) is 0 Å². The summed E-state index contributed by atoms with van der Waals surface area (Å²) in [6.07, 6.45) is 17.4. The molecule has 0 amide bonds. The van der Waals surface area contributed by atoms with Crippen LogP contribution in [-0.4, -0.2) is 17.8 Å². The Bertz CT molecular complexity index is 764. The van der Waals surface area contributed by atoms with E-state index in [-0.39, 0.29) is 6.10 Å². The first-order valence-corrected chi connectivity index (χ1v) is 14.0. The standard InChI is InChI=1S/C25H38O2.C5H8.C2H6/c1-6-27-19(5)18(4)23-12-13-24-20(8-7-9-25(23)24)10-11-21-15-22(26)14-16(2)17(21)3;1-2-5-3-4-5;1-2/h10-11,16,22-26H,3,6-9,12-15H2,1-2,4-5H3;2,5H,1,3-4H2;1-2H3/b19-18-,20-10+,21-11-;;. The minimum absolute atomic E-state index is 0.209. The maximum absolute atomic E-state index is 10.1. The van der Waals surface area contributed by atoms with Gasteiger partial charge in [0, 0.05) is 0 Å². The molecule has 4 aliphatic rings. The Morgan fingerprint density at radius 1 is 1.09 bits per heavy atom. The van der Waals surface area contributed by atoms with Crippen LogP contribution in [0.25, 0.3) is 0 Å². The van der Waals surface area contributed by atoms with E-state index >= 15 is 0 Å². The number of hydrogen-bond acceptors (Lipinski definition) is 2. The fourth-order valence-corrected chi connectivity index (χ4v) is 6.04. The highest BCUT2D eigenvalue weighted by Crippen LogP contribution is 2.51. The van der Waals surface area contributed by atoms with E-state index < -0.39 is 0 Å². The average molecular weight is 469 g/mol. The lowest BCUT2D eigenvalue weighted by molar-refractivity contribution is 0.142. The molecule has 0 heterocycles. The zero-order valence-corrected chi connectivity index (χ0v) is 23.0. The predicted octanol–water partition coefficient (Wildman–Crippen LogP) is 8.95. The second-order valence-electron chi connectivity index (χ2n) is 10.5. The molecular weight excluding hydrogens is 416 g/mol. The summed E-state index contributed by atoms with van der Waals surface area (Å²) in [5.41, 5.74) is 5.58. The minimum Gasteiger partial charge on any atom is -0.499 e. The molecule has 34 heavy (non-hydrogen) atoms. The van der Waals surface area contributed by atoms with Crippen molar-refractivity contribution in [3.63, 3.8) is 0 Å². The number of aliphatic hydroxyl groups excluding tert-OH is 1. The molecule has 4 rings (SSSR count). The van der Waals surface area contributed by atoms with Gasteiger partial charge in [-0.15, -0.1) is 6.58 Å². The molecular formula is C32H52O2. The minimum atomic E-state index is -0.209. The number of ether oxygens (including phenoxy) is 1. The van der Waals surface area contributed by atoms with Crippen LogP contribution < -0.4 is 0 Å². The predicted molar refractivity (Wildman–Crippen MR) is 148 cm³/mol. The topological polar surface area (TPSA) is 29.5 Å². The summed E-state index contributed by atoms with van der Waals surface area (Å²) in [6, 6.07) is 0. The number of rotatable bonds is 5. The molecule has 192 valence electrons. The first-order chi connectivity index (χ1) is 16.3. The van der Waals surface area contributed by atoms with E-state index in [1.54, 1.807) is 5.57 Å². The summed E-state index contributed by atoms with van der Waals surface area (Å²) in [7, 11) is 0. The van der Waals surface area contributed by atoms with Gasteiger partial charge < -0.3 is 9.84 Å². The van der Waals surface area contributed by atoms with E-state index in [1.807, 2.05) is 19.9 Å². The van der Waals surface area contributed by atoms with Crippen molar-refractivity contribution in [1.82, 2.24) is 0 Å². The second-order valence-corrected chi connectivity index (χ2v) is 10.5. The number of hydrogen-bond donors (Lipinski definition) is 1. The molecule has 0 aromatic heterocycles. The zero-order chi connectivity index (χ0) is 25.3. The van der Waals surface area contributed by atoms with Crippen LogP contribution in [0, 0.1) is 29.6 Å². The van der Waals surface area contributed by atoms with E-state index in [0.29, 0.717) is 11.8 Å². The molecule has 5 unspecified atom stereocenters. The Morgan fingerprint density at radius 2 is 1.79 bits per heavy atom. The van der Waals surface area contributed by atoms with Crippen LogP contribution in [0.2, 0.25) is 0 Å². The quantitative estimate of drug-likeness (QED) is 0.322. The molecule has 0 aromatic rings. The Morgan fingerprint density at radius 3 is 2.38 bits per heavy atom. The maximum atomic E-state index is 10.1. The largest absolute Gasteiger partial charge is 0.499 e. The first-order valence-electron chi connectivity index (χ1n) is 14.0. The average Bonchev–Trinajstić information content (AvgIpc) is 3.59. The van der Waals surface area contributed by atoms with Gasteiger partial charge in [0.25, 0.3) is 0 Å². The molecule has 2 nitrogen and oxygen atoms in total. The number of fused-ring (bicyclic) bond motifs is 1. The van der Waals surface area contributed by atoms with Gasteiger partial charge in [0.2, 0.25) is 0 Å². The Kier molecular flexibility index (Phi) is 11.9. The molecule has 2 heteroatoms. The van der Waals surface area contributed by atoms with Crippen LogP contribution in [-0.2, 0) is 4.74 Å². The summed E-state index contributed by atoms with van der Waals surface area (Å²) in [5.74, 6) is 4.62. The maximum Gasteiger partial charge on any atom is 0.0920 e. The van der Waals surface area contributed by atoms with Gasteiger partial charge >= 0.3 is 0 Å². The summed E-state index contributed by atoms with van der Waals surface area (Å²) in [6.45, 7) is 21.3. The van der Waals surface area contributed by atoms with Crippen molar-refractivity contribution in [2.45, 2.75) is 105 Å². The monoisotopic (exact) mass is 468 g/mol. The van der Waals surface area contributed by atoms with Crippen LogP contribution in [0.5, 0.6) is 0 Å². The van der Waals surface area contributed by atoms with E-state index in [1.165, 1.54) is 61.7 Å². The summed E-state index contributed by atoms with van der Waals surface area (Å²) in [5, 5.41) is 10.1. The molecule has 0 saturated heterocycles. The molecule has 0 radical (unpaired) electrons. The van der Waals surface area contributed by atoms with Gasteiger partial charge in [0.15, 0.2) is 0 Å². The third-order valence-corrected chi connectivity index (χ3v) is 8.32. The highest BCUT2D eigenvalue weighted by molar-refractivity contribution is 5.37. The SMILES string of the molecule is C=C1/C(=C\C=C2/CCCC3C(/C(C)=C(/C)OCC)CCC23)CC(O)CC1C.C=CC1CC1.CC. The van der Waals surface area contributed by atoms with Gasteiger partial charge in [-0.3, -0.25) is 0 Å². The van der Waals surface area contributed by atoms with Gasteiger partial charge in [-0.1, -0.05) is 51.2 Å². The fraction of sp³-hybridized carbons (Fsp3) is 0.688. The van der Waals surface area contributed by atoms with Crippen molar-refractivity contribution in [3.05, 3.63) is 59.4 Å². The molecule has 4 aliphatic carbocycles. The number of allylic oxidation sites excluding steroid dienone is 7. The first kappa shape index (κ1) is 28.7. The molecule has 5 atom stereocenters. The van der Waals surface area contributed by atoms with Gasteiger partial charge in [-0.2, -0.15) is 0 Å². The molecule has 0 aliphatic heterocycles. The van der Waals surface area contributed by atoms with Gasteiger partial charge in [-0.25, -0.2) is 0 Å². The van der Waals surface area contributed by atoms with Crippen molar-refractivity contribution >= 4 is 0 Å². The van der Waals surface area contributed by atoms with Gasteiger partial charge in [-0.05, 0) is 125 Å². The Labute approximate surface area is 211 Å². The van der Waals surface area contributed by atoms with E-state index in [2.05, 4.69) is 53.0 Å². The summed E-state index contributed by atoms with van der Waals surface area (Å²) in [4.78, 5) is 0. The van der Waals surface area contributed by atoms with Crippen LogP contribution >= 0.6 is 0 Å². The zero-order valence-electron chi connectivity index (χ0n) is 23.0. The van der Waals surface area contributed by atoms with Crippen LogP contribution in [0.3, 0.4) is 0 Å². The van der Waals surface area contributed by atoms with Crippen LogP contribution in [0.4, 0.5) is 0 Å². The van der Waals surface area contributed by atoms with E-state index in [9.17, 15) is 5.11 Å². The Balaban J connectivity index is 0.000000507. The second kappa shape index (κ2) is 14.1. The van der Waals surface area contributed by atoms with Crippen molar-refractivity contribution in [2.24, 2.45) is 29.6 Å². The summed E-state index contributed by atoms with van der Waals surface area (Å²) < 4.78 is 5.80. The van der Waals surface area contributed by atoms with Crippen LogP contribution in [0.15, 0.2) is 59.4 Å². The van der Waals surface area contributed by atoms with Gasteiger partial charge in [0.05, 0.1) is 18.5 Å².